The highest BCUT2D eigenvalue weighted by Gasteiger charge is 2.30. The highest BCUT2D eigenvalue weighted by Crippen LogP contribution is 2.44. The Labute approximate surface area is 320 Å². The number of aliphatic imine (C=N–C) groups is 1. The molecule has 54 heavy (non-hydrogen) atoms. The van der Waals surface area contributed by atoms with Crippen LogP contribution in [0, 0.1) is 0 Å². The van der Waals surface area contributed by atoms with Gasteiger partial charge in [-0.3, -0.25) is 4.79 Å². The van der Waals surface area contributed by atoms with E-state index in [4.69, 9.17) is 23.9 Å². The van der Waals surface area contributed by atoms with Crippen molar-refractivity contribution in [3.63, 3.8) is 0 Å². The first-order valence-electron chi connectivity index (χ1n) is 19.7. The molecule has 0 amide bonds. The lowest BCUT2D eigenvalue weighted by atomic mass is 9.88. The van der Waals surface area contributed by atoms with Gasteiger partial charge in [0.05, 0.1) is 32.1 Å². The Morgan fingerprint density at radius 2 is 0.926 bits per heavy atom. The summed E-state index contributed by atoms with van der Waals surface area (Å²) in [5, 5.41) is 0. The van der Waals surface area contributed by atoms with Crippen LogP contribution in [0.3, 0.4) is 0 Å². The number of carbonyl (C=O) groups excluding carboxylic acids is 1. The number of para-hydroxylation sites is 2. The summed E-state index contributed by atoms with van der Waals surface area (Å²) in [6.45, 7) is 10.9. The van der Waals surface area contributed by atoms with Gasteiger partial charge in [0.25, 0.3) is 0 Å². The van der Waals surface area contributed by atoms with Gasteiger partial charge in [-0.1, -0.05) is 113 Å². The summed E-state index contributed by atoms with van der Waals surface area (Å²) < 4.78 is 26.7. The van der Waals surface area contributed by atoms with Crippen LogP contribution in [0.5, 0.6) is 23.0 Å². The van der Waals surface area contributed by atoms with Gasteiger partial charge in [-0.25, -0.2) is 4.99 Å². The van der Waals surface area contributed by atoms with Gasteiger partial charge in [-0.2, -0.15) is 0 Å². The zero-order valence-electron chi connectivity index (χ0n) is 32.1. The Hall–Kier alpha value is -5.36. The van der Waals surface area contributed by atoms with Gasteiger partial charge in [-0.05, 0) is 65.1 Å². The molecule has 7 rings (SSSR count). The number of nitrogens with zero attached hydrogens (tertiary/aromatic N) is 1. The molecule has 6 nitrogen and oxygen atoms in total. The third-order valence-corrected chi connectivity index (χ3v) is 10.1. The van der Waals surface area contributed by atoms with Gasteiger partial charge in [0.2, 0.25) is 5.78 Å². The second-order valence-electron chi connectivity index (χ2n) is 14.2. The van der Waals surface area contributed by atoms with Crippen molar-refractivity contribution in [1.82, 2.24) is 0 Å². The summed E-state index contributed by atoms with van der Waals surface area (Å²) in [5.74, 6) is 3.35. The van der Waals surface area contributed by atoms with Gasteiger partial charge < -0.3 is 18.9 Å². The van der Waals surface area contributed by atoms with Crippen molar-refractivity contribution < 1.29 is 23.7 Å². The monoisotopic (exact) mass is 721 g/mol. The van der Waals surface area contributed by atoms with Crippen molar-refractivity contribution in [2.75, 3.05) is 26.4 Å². The Kier molecular flexibility index (Phi) is 11.8. The number of ether oxygens (including phenoxy) is 4. The number of fused-ring (bicyclic) bond motifs is 6. The molecule has 1 heterocycles. The predicted molar refractivity (Wildman–Crippen MR) is 217 cm³/mol. The average molecular weight is 722 g/mol. The minimum atomic E-state index is -0.123. The molecule has 0 N–H and O–H groups in total. The third-order valence-electron chi connectivity index (χ3n) is 10.1. The molecule has 5 aromatic rings. The van der Waals surface area contributed by atoms with E-state index >= 15 is 0 Å². The normalized spacial score (nSPS) is 12.9. The molecule has 1 aliphatic heterocycles. The molecule has 278 valence electrons. The molecule has 0 fully saturated rings. The lowest BCUT2D eigenvalue weighted by molar-refractivity contribution is 0.106. The zero-order valence-corrected chi connectivity index (χ0v) is 32.1. The first kappa shape index (κ1) is 37.0. The maximum Gasteiger partial charge on any atom is 0.211 e. The topological polar surface area (TPSA) is 66.3 Å². The first-order chi connectivity index (χ1) is 26.5. The minimum Gasteiger partial charge on any atom is -0.493 e. The van der Waals surface area contributed by atoms with E-state index < -0.39 is 0 Å². The van der Waals surface area contributed by atoms with Crippen molar-refractivity contribution in [2.24, 2.45) is 4.99 Å². The molecule has 5 aromatic carbocycles. The molecule has 1 aliphatic carbocycles. The fourth-order valence-electron chi connectivity index (χ4n) is 7.55. The number of carbonyl (C=O) groups is 1. The fourth-order valence-corrected chi connectivity index (χ4v) is 7.55. The average Bonchev–Trinajstić information content (AvgIpc) is 3.36. The number of benzene rings is 5. The number of hydrogen-bond donors (Lipinski definition) is 0. The van der Waals surface area contributed by atoms with E-state index in [1.54, 1.807) is 0 Å². The fraction of sp³-hybridized carbons (Fsp3) is 0.333. The Bertz CT molecular complexity index is 2150. The quantitative estimate of drug-likeness (QED) is 0.105. The van der Waals surface area contributed by atoms with E-state index in [2.05, 4.69) is 88.4 Å². The summed E-state index contributed by atoms with van der Waals surface area (Å²) in [6.07, 6.45) is 5.90. The molecule has 0 saturated carbocycles. The van der Waals surface area contributed by atoms with E-state index in [1.165, 1.54) is 0 Å². The molecule has 0 radical (unpaired) electrons. The number of ketones is 1. The van der Waals surface area contributed by atoms with E-state index in [0.29, 0.717) is 63.4 Å². The van der Waals surface area contributed by atoms with Crippen molar-refractivity contribution >= 4 is 17.2 Å². The second-order valence-corrected chi connectivity index (χ2v) is 14.2. The summed E-state index contributed by atoms with van der Waals surface area (Å²) >= 11 is 0. The van der Waals surface area contributed by atoms with Crippen molar-refractivity contribution in [1.29, 1.82) is 0 Å². The van der Waals surface area contributed by atoms with Crippen LogP contribution in [-0.4, -0.2) is 37.9 Å². The second kappa shape index (κ2) is 17.2. The largest absolute Gasteiger partial charge is 0.493 e. The van der Waals surface area contributed by atoms with Crippen LogP contribution in [0.4, 0.5) is 5.69 Å². The summed E-state index contributed by atoms with van der Waals surface area (Å²) in [5.41, 5.74) is 11.0. The Morgan fingerprint density at radius 3 is 1.43 bits per heavy atom. The number of Topliss-reactive ketones (excluding diaryl/α,β-unsaturated/α-hetero) is 1. The van der Waals surface area contributed by atoms with Crippen molar-refractivity contribution in [3.8, 4) is 23.0 Å². The molecule has 2 aliphatic rings. The summed E-state index contributed by atoms with van der Waals surface area (Å²) in [4.78, 5) is 19.7. The van der Waals surface area contributed by atoms with Gasteiger partial charge >= 0.3 is 0 Å². The van der Waals surface area contributed by atoms with Crippen molar-refractivity contribution in [3.05, 3.63) is 147 Å². The smallest absolute Gasteiger partial charge is 0.211 e. The maximum absolute atomic E-state index is 14.5. The minimum absolute atomic E-state index is 0.123. The number of rotatable bonds is 14. The summed E-state index contributed by atoms with van der Waals surface area (Å²) in [7, 11) is 0. The maximum atomic E-state index is 14.5. The molecular formula is C48H51NO5. The zero-order chi connectivity index (χ0) is 37.4. The molecular weight excluding hydrogens is 671 g/mol. The van der Waals surface area contributed by atoms with E-state index in [-0.39, 0.29) is 5.78 Å². The molecule has 0 saturated heterocycles. The van der Waals surface area contributed by atoms with Gasteiger partial charge in [-0.15, -0.1) is 0 Å². The van der Waals surface area contributed by atoms with Gasteiger partial charge in [0.15, 0.2) is 0 Å². The van der Waals surface area contributed by atoms with Crippen LogP contribution in [0.25, 0.3) is 0 Å². The highest BCUT2D eigenvalue weighted by molar-refractivity contribution is 6.52. The first-order valence-corrected chi connectivity index (χ1v) is 19.7. The third kappa shape index (κ3) is 7.66. The Balaban J connectivity index is 1.54. The molecule has 8 bridgehead atoms. The van der Waals surface area contributed by atoms with Crippen LogP contribution in [0.2, 0.25) is 0 Å². The van der Waals surface area contributed by atoms with E-state index in [1.807, 2.05) is 30.3 Å². The highest BCUT2D eigenvalue weighted by atomic mass is 16.5. The van der Waals surface area contributed by atoms with Crippen molar-refractivity contribution in [2.45, 2.75) is 79.1 Å². The molecule has 0 atom stereocenters. The van der Waals surface area contributed by atoms with Gasteiger partial charge in [0, 0.05) is 47.9 Å². The lowest BCUT2D eigenvalue weighted by Gasteiger charge is -2.23. The van der Waals surface area contributed by atoms with Gasteiger partial charge in [0.1, 0.15) is 28.7 Å². The van der Waals surface area contributed by atoms with Crippen LogP contribution in [0.1, 0.15) is 114 Å². The summed E-state index contributed by atoms with van der Waals surface area (Å²) in [6, 6.07) is 30.8. The Morgan fingerprint density at radius 1 is 0.481 bits per heavy atom. The predicted octanol–water partition coefficient (Wildman–Crippen LogP) is 10.8. The van der Waals surface area contributed by atoms with Crippen LogP contribution in [-0.2, 0) is 25.7 Å². The molecule has 0 spiro atoms. The standard InChI is InChI=1S/C48H51NO5/c1-5-24-51-45-33-16-12-18-35(45)29-37-20-22-39-40(47(37)53-26-7-3)31-41-42(49-43(39)44(50)32-14-10-9-11-15-32)23-21-38(48(41)54-27-8-4)30-36-19-13-17-34(28-33)46(36)52-25-6-2/h9-23H,5-8,24-31H2,1-4H3. The lowest BCUT2D eigenvalue weighted by Crippen LogP contribution is -2.18. The van der Waals surface area contributed by atoms with E-state index in [9.17, 15) is 4.79 Å². The molecule has 0 unspecified atom stereocenters. The van der Waals surface area contributed by atoms with Crippen LogP contribution < -0.4 is 18.9 Å². The van der Waals surface area contributed by atoms with E-state index in [0.717, 1.165) is 104 Å². The van der Waals surface area contributed by atoms with Crippen LogP contribution in [0.15, 0.2) is 96.0 Å². The molecule has 6 heteroatoms. The van der Waals surface area contributed by atoms with Crippen LogP contribution >= 0.6 is 0 Å². The number of hydrogen-bond acceptors (Lipinski definition) is 6. The SMILES string of the molecule is CCCOc1c2cccc1Cc1ccc3c(c1OCCC)Cc1c(ccc(c1OCCC)Cc1cccc(c1OCCC)C2)C(C(=O)c1ccccc1)=N3. The molecule has 0 aromatic heterocycles.